The molecule has 0 bridgehead atoms. The van der Waals surface area contributed by atoms with Gasteiger partial charge in [-0.05, 0) is 39.0 Å². The van der Waals surface area contributed by atoms with Gasteiger partial charge in [-0.15, -0.1) is 0 Å². The summed E-state index contributed by atoms with van der Waals surface area (Å²) < 4.78 is 4.81. The molecule has 0 rings (SSSR count). The monoisotopic (exact) mass is 410 g/mol. The number of hydrogen-bond acceptors (Lipinski definition) is 3. The lowest BCUT2D eigenvalue weighted by Gasteiger charge is -2.09. The van der Waals surface area contributed by atoms with E-state index < -0.39 is 12.1 Å². The molecule has 0 aliphatic rings. The fourth-order valence-electron chi connectivity index (χ4n) is 3.65. The van der Waals surface area contributed by atoms with Crippen LogP contribution in [0.1, 0.15) is 136 Å². The summed E-state index contributed by atoms with van der Waals surface area (Å²) in [6.45, 7) is 4.38. The highest BCUT2D eigenvalue weighted by atomic mass is 16.5. The number of esters is 1. The van der Waals surface area contributed by atoms with Gasteiger partial charge in [0, 0.05) is 0 Å². The van der Waals surface area contributed by atoms with Crippen molar-refractivity contribution in [3.8, 4) is 0 Å². The van der Waals surface area contributed by atoms with Crippen LogP contribution in [0.25, 0.3) is 0 Å². The molecule has 1 atom stereocenters. The number of aliphatic hydroxyl groups is 1. The van der Waals surface area contributed by atoms with Crippen LogP contribution in [-0.4, -0.2) is 23.8 Å². The van der Waals surface area contributed by atoms with Gasteiger partial charge in [0.25, 0.3) is 0 Å². The van der Waals surface area contributed by atoms with E-state index in [9.17, 15) is 9.90 Å². The van der Waals surface area contributed by atoms with E-state index in [0.717, 1.165) is 12.8 Å². The number of unbranched alkanes of at least 4 members (excludes halogenated alkanes) is 16. The quantitative estimate of drug-likeness (QED) is 0.112. The van der Waals surface area contributed by atoms with Crippen molar-refractivity contribution in [3.05, 3.63) is 12.2 Å². The molecule has 0 saturated carbocycles. The van der Waals surface area contributed by atoms with Crippen molar-refractivity contribution in [2.45, 2.75) is 142 Å². The first-order chi connectivity index (χ1) is 14.2. The standard InChI is InChI=1S/C26H50O3/c1-3-5-6-7-8-9-10-11-12-13-14-15-16-17-18-19-20-21-22-23-24-25(27)26(28)29-4-2/h11-12,25,27H,3-10,13-24H2,1-2H3. The minimum Gasteiger partial charge on any atom is -0.464 e. The Bertz CT molecular complexity index is 365. The van der Waals surface area contributed by atoms with E-state index in [1.807, 2.05) is 0 Å². The lowest BCUT2D eigenvalue weighted by atomic mass is 10.0. The van der Waals surface area contributed by atoms with Crippen molar-refractivity contribution in [2.75, 3.05) is 6.61 Å². The minimum atomic E-state index is -0.930. The van der Waals surface area contributed by atoms with E-state index in [4.69, 9.17) is 4.74 Å². The summed E-state index contributed by atoms with van der Waals surface area (Å²) in [5, 5.41) is 9.62. The van der Waals surface area contributed by atoms with Crippen molar-refractivity contribution in [3.63, 3.8) is 0 Å². The third-order valence-electron chi connectivity index (χ3n) is 5.55. The number of hydrogen-bond donors (Lipinski definition) is 1. The second kappa shape index (κ2) is 23.4. The Hall–Kier alpha value is -0.830. The van der Waals surface area contributed by atoms with E-state index in [-0.39, 0.29) is 0 Å². The Morgan fingerprint density at radius 3 is 1.55 bits per heavy atom. The molecule has 0 heterocycles. The van der Waals surface area contributed by atoms with Crippen LogP contribution in [-0.2, 0) is 9.53 Å². The molecule has 1 N–H and O–H groups in total. The van der Waals surface area contributed by atoms with E-state index in [2.05, 4.69) is 19.1 Å². The van der Waals surface area contributed by atoms with Gasteiger partial charge in [0.2, 0.25) is 0 Å². The number of carbonyl (C=O) groups is 1. The van der Waals surface area contributed by atoms with Gasteiger partial charge in [-0.3, -0.25) is 0 Å². The molecule has 1 unspecified atom stereocenters. The highest BCUT2D eigenvalue weighted by Crippen LogP contribution is 2.13. The third kappa shape index (κ3) is 21.7. The van der Waals surface area contributed by atoms with E-state index in [1.165, 1.54) is 103 Å². The largest absolute Gasteiger partial charge is 0.464 e. The van der Waals surface area contributed by atoms with E-state index in [1.54, 1.807) is 6.92 Å². The molecule has 0 aromatic heterocycles. The maximum atomic E-state index is 11.3. The summed E-state index contributed by atoms with van der Waals surface area (Å²) in [4.78, 5) is 11.3. The zero-order chi connectivity index (χ0) is 21.4. The molecule has 0 radical (unpaired) electrons. The van der Waals surface area contributed by atoms with Gasteiger partial charge in [-0.2, -0.15) is 0 Å². The molecule has 0 aromatic carbocycles. The van der Waals surface area contributed by atoms with Crippen LogP contribution >= 0.6 is 0 Å². The summed E-state index contributed by atoms with van der Waals surface area (Å²) in [5.41, 5.74) is 0. The summed E-state index contributed by atoms with van der Waals surface area (Å²) in [5.74, 6) is -0.471. The van der Waals surface area contributed by atoms with Crippen LogP contribution in [0.4, 0.5) is 0 Å². The average molecular weight is 411 g/mol. The van der Waals surface area contributed by atoms with Crippen LogP contribution in [0.2, 0.25) is 0 Å². The Balaban J connectivity index is 3.18. The summed E-state index contributed by atoms with van der Waals surface area (Å²) in [6.07, 6.45) is 27.9. The van der Waals surface area contributed by atoms with E-state index in [0.29, 0.717) is 13.0 Å². The van der Waals surface area contributed by atoms with Gasteiger partial charge in [-0.1, -0.05) is 109 Å². The van der Waals surface area contributed by atoms with Gasteiger partial charge in [0.05, 0.1) is 6.61 Å². The Morgan fingerprint density at radius 1 is 0.690 bits per heavy atom. The maximum Gasteiger partial charge on any atom is 0.334 e. The first kappa shape index (κ1) is 28.2. The molecule has 0 fully saturated rings. The summed E-state index contributed by atoms with van der Waals surface area (Å²) >= 11 is 0. The molecular weight excluding hydrogens is 360 g/mol. The third-order valence-corrected chi connectivity index (χ3v) is 5.55. The smallest absolute Gasteiger partial charge is 0.334 e. The van der Waals surface area contributed by atoms with Crippen molar-refractivity contribution in [1.82, 2.24) is 0 Å². The van der Waals surface area contributed by atoms with Crippen molar-refractivity contribution in [2.24, 2.45) is 0 Å². The van der Waals surface area contributed by atoms with E-state index >= 15 is 0 Å². The topological polar surface area (TPSA) is 46.5 Å². The lowest BCUT2D eigenvalue weighted by molar-refractivity contribution is -0.153. The molecule has 172 valence electrons. The number of ether oxygens (including phenoxy) is 1. The SMILES string of the molecule is CCCCCCCCC=CCCCCCCCCCCCCC(O)C(=O)OCC. The molecule has 0 aliphatic carbocycles. The summed E-state index contributed by atoms with van der Waals surface area (Å²) in [6, 6.07) is 0. The normalized spacial score (nSPS) is 12.5. The molecule has 0 amide bonds. The first-order valence-electron chi connectivity index (χ1n) is 12.7. The fourth-order valence-corrected chi connectivity index (χ4v) is 3.65. The molecule has 0 spiro atoms. The minimum absolute atomic E-state index is 0.339. The van der Waals surface area contributed by atoms with Crippen molar-refractivity contribution < 1.29 is 14.6 Å². The highest BCUT2D eigenvalue weighted by molar-refractivity contribution is 5.74. The molecular formula is C26H50O3. The molecule has 0 aliphatic heterocycles. The highest BCUT2D eigenvalue weighted by Gasteiger charge is 2.14. The zero-order valence-corrected chi connectivity index (χ0v) is 19.6. The average Bonchev–Trinajstić information content (AvgIpc) is 2.72. The second-order valence-corrected chi connectivity index (χ2v) is 8.41. The molecule has 3 nitrogen and oxygen atoms in total. The van der Waals surface area contributed by atoms with Gasteiger partial charge in [0.1, 0.15) is 0 Å². The molecule has 3 heteroatoms. The van der Waals surface area contributed by atoms with Gasteiger partial charge in [-0.25, -0.2) is 4.79 Å². The Labute approximate surface area is 181 Å². The fraction of sp³-hybridized carbons (Fsp3) is 0.885. The first-order valence-corrected chi connectivity index (χ1v) is 12.7. The van der Waals surface area contributed by atoms with Gasteiger partial charge < -0.3 is 9.84 Å². The molecule has 0 saturated heterocycles. The zero-order valence-electron chi connectivity index (χ0n) is 19.6. The second-order valence-electron chi connectivity index (χ2n) is 8.41. The molecule has 29 heavy (non-hydrogen) atoms. The predicted octanol–water partition coefficient (Wildman–Crippen LogP) is 7.90. The Kier molecular flexibility index (Phi) is 22.8. The number of rotatable bonds is 22. The maximum absolute atomic E-state index is 11.3. The van der Waals surface area contributed by atoms with Crippen LogP contribution in [0.3, 0.4) is 0 Å². The van der Waals surface area contributed by atoms with Crippen LogP contribution in [0.5, 0.6) is 0 Å². The Morgan fingerprint density at radius 2 is 1.10 bits per heavy atom. The van der Waals surface area contributed by atoms with Gasteiger partial charge in [0.15, 0.2) is 6.10 Å². The van der Waals surface area contributed by atoms with Crippen molar-refractivity contribution in [1.29, 1.82) is 0 Å². The van der Waals surface area contributed by atoms with Crippen LogP contribution < -0.4 is 0 Å². The van der Waals surface area contributed by atoms with Gasteiger partial charge >= 0.3 is 5.97 Å². The van der Waals surface area contributed by atoms with Crippen molar-refractivity contribution >= 4 is 5.97 Å². The number of allylic oxidation sites excluding steroid dienone is 2. The lowest BCUT2D eigenvalue weighted by Crippen LogP contribution is -2.22. The number of aliphatic hydroxyl groups excluding tert-OH is 1. The predicted molar refractivity (Wildman–Crippen MR) is 125 cm³/mol. The number of carbonyl (C=O) groups excluding carboxylic acids is 1. The summed E-state index contributed by atoms with van der Waals surface area (Å²) in [7, 11) is 0. The molecule has 0 aromatic rings. The van der Waals surface area contributed by atoms with Crippen LogP contribution in [0.15, 0.2) is 12.2 Å². The van der Waals surface area contributed by atoms with Crippen LogP contribution in [0, 0.1) is 0 Å².